The SMILES string of the molecule is CNc1nc(N2CCN(C)CC2)nc(N(C)C2CCC(C(=O)O)CC2)n1. The molecule has 2 heterocycles. The van der Waals surface area contributed by atoms with E-state index in [0.717, 1.165) is 39.0 Å². The van der Waals surface area contributed by atoms with Crippen LogP contribution in [0.4, 0.5) is 17.8 Å². The number of carbonyl (C=O) groups is 1. The predicted octanol–water partition coefficient (Wildman–Crippen LogP) is 0.745. The zero-order valence-electron chi connectivity index (χ0n) is 15.9. The number of aromatic nitrogens is 3. The van der Waals surface area contributed by atoms with Gasteiger partial charge in [0.1, 0.15) is 0 Å². The molecule has 2 aliphatic rings. The maximum atomic E-state index is 11.2. The minimum Gasteiger partial charge on any atom is -0.481 e. The van der Waals surface area contributed by atoms with Crippen molar-refractivity contribution < 1.29 is 9.90 Å². The Morgan fingerprint density at radius 1 is 1.12 bits per heavy atom. The number of piperazine rings is 1. The van der Waals surface area contributed by atoms with E-state index in [9.17, 15) is 9.90 Å². The van der Waals surface area contributed by atoms with E-state index in [1.54, 1.807) is 0 Å². The molecule has 9 heteroatoms. The van der Waals surface area contributed by atoms with Gasteiger partial charge in [-0.3, -0.25) is 4.79 Å². The summed E-state index contributed by atoms with van der Waals surface area (Å²) in [4.78, 5) is 31.5. The molecular weight excluding hydrogens is 334 g/mol. The zero-order chi connectivity index (χ0) is 18.7. The van der Waals surface area contributed by atoms with E-state index in [1.165, 1.54) is 0 Å². The third-order valence-electron chi connectivity index (χ3n) is 5.53. The fourth-order valence-corrected chi connectivity index (χ4v) is 3.64. The molecule has 3 rings (SSSR count). The average molecular weight is 363 g/mol. The third-order valence-corrected chi connectivity index (χ3v) is 5.53. The highest BCUT2D eigenvalue weighted by Crippen LogP contribution is 2.29. The summed E-state index contributed by atoms with van der Waals surface area (Å²) in [6, 6.07) is 0.262. The van der Waals surface area contributed by atoms with Crippen LogP contribution >= 0.6 is 0 Å². The lowest BCUT2D eigenvalue weighted by Crippen LogP contribution is -2.45. The normalized spacial score (nSPS) is 24.3. The molecule has 0 bridgehead atoms. The Labute approximate surface area is 154 Å². The van der Waals surface area contributed by atoms with Gasteiger partial charge in [0, 0.05) is 46.3 Å². The largest absolute Gasteiger partial charge is 0.481 e. The molecule has 2 fully saturated rings. The van der Waals surface area contributed by atoms with Crippen LogP contribution in [-0.4, -0.2) is 84.3 Å². The minimum atomic E-state index is -0.680. The Balaban J connectivity index is 1.74. The molecule has 1 aliphatic heterocycles. The second-order valence-corrected chi connectivity index (χ2v) is 7.25. The summed E-state index contributed by atoms with van der Waals surface area (Å²) in [5.41, 5.74) is 0. The number of carboxylic acids is 1. The van der Waals surface area contributed by atoms with Crippen molar-refractivity contribution in [1.29, 1.82) is 0 Å². The topological polar surface area (TPSA) is 97.7 Å². The first-order valence-corrected chi connectivity index (χ1v) is 9.31. The maximum absolute atomic E-state index is 11.2. The van der Waals surface area contributed by atoms with Gasteiger partial charge < -0.3 is 25.1 Å². The van der Waals surface area contributed by atoms with Crippen LogP contribution in [0, 0.1) is 5.92 Å². The van der Waals surface area contributed by atoms with Gasteiger partial charge in [-0.25, -0.2) is 0 Å². The van der Waals surface area contributed by atoms with Gasteiger partial charge in [0.05, 0.1) is 5.92 Å². The smallest absolute Gasteiger partial charge is 0.306 e. The standard InChI is InChI=1S/C17H29N7O2/c1-18-15-19-16(21-17(20-15)24-10-8-22(2)9-11-24)23(3)13-6-4-12(5-7-13)14(25)26/h12-13H,4-11H2,1-3H3,(H,25,26)(H,18,19,20,21). The number of aliphatic carboxylic acids is 1. The summed E-state index contributed by atoms with van der Waals surface area (Å²) in [6.45, 7) is 3.78. The van der Waals surface area contributed by atoms with Crippen molar-refractivity contribution >= 4 is 23.8 Å². The van der Waals surface area contributed by atoms with Crippen molar-refractivity contribution in [2.24, 2.45) is 5.92 Å². The molecular formula is C17H29N7O2. The number of carboxylic acid groups (broad SMARTS) is 1. The van der Waals surface area contributed by atoms with Crippen LogP contribution in [-0.2, 0) is 4.79 Å². The third kappa shape index (κ3) is 4.14. The Bertz CT molecular complexity index is 626. The highest BCUT2D eigenvalue weighted by Gasteiger charge is 2.29. The van der Waals surface area contributed by atoms with E-state index < -0.39 is 5.97 Å². The van der Waals surface area contributed by atoms with Gasteiger partial charge in [0.25, 0.3) is 0 Å². The molecule has 0 atom stereocenters. The molecule has 0 amide bonds. The predicted molar refractivity (Wildman–Crippen MR) is 101 cm³/mol. The molecule has 0 aromatic carbocycles. The summed E-state index contributed by atoms with van der Waals surface area (Å²) in [6.07, 6.45) is 3.11. The van der Waals surface area contributed by atoms with Crippen LogP contribution in [0.15, 0.2) is 0 Å². The van der Waals surface area contributed by atoms with Crippen LogP contribution in [0.3, 0.4) is 0 Å². The summed E-state index contributed by atoms with van der Waals surface area (Å²) in [5.74, 6) is 1.03. The quantitative estimate of drug-likeness (QED) is 0.785. The average Bonchev–Trinajstić information content (AvgIpc) is 2.67. The van der Waals surface area contributed by atoms with Crippen LogP contribution in [0.1, 0.15) is 25.7 Å². The Hall–Kier alpha value is -2.16. The molecule has 1 aromatic heterocycles. The molecule has 2 N–H and O–H groups in total. The number of anilines is 3. The van der Waals surface area contributed by atoms with Crippen LogP contribution in [0.25, 0.3) is 0 Å². The van der Waals surface area contributed by atoms with Crippen LogP contribution in [0.5, 0.6) is 0 Å². The van der Waals surface area contributed by atoms with Gasteiger partial charge in [-0.05, 0) is 32.7 Å². The number of hydrogen-bond acceptors (Lipinski definition) is 8. The fraction of sp³-hybridized carbons (Fsp3) is 0.765. The molecule has 1 aromatic rings. The molecule has 0 spiro atoms. The van der Waals surface area contributed by atoms with Gasteiger partial charge in [-0.1, -0.05) is 0 Å². The Morgan fingerprint density at radius 2 is 1.77 bits per heavy atom. The number of hydrogen-bond donors (Lipinski definition) is 2. The van der Waals surface area contributed by atoms with Crippen LogP contribution in [0.2, 0.25) is 0 Å². The van der Waals surface area contributed by atoms with E-state index in [1.807, 2.05) is 14.1 Å². The first-order valence-electron chi connectivity index (χ1n) is 9.31. The second kappa shape index (κ2) is 8.03. The molecule has 1 saturated heterocycles. The molecule has 0 radical (unpaired) electrons. The highest BCUT2D eigenvalue weighted by molar-refractivity contribution is 5.70. The van der Waals surface area contributed by atoms with Gasteiger partial charge in [0.15, 0.2) is 0 Å². The first kappa shape index (κ1) is 18.6. The van der Waals surface area contributed by atoms with Crippen molar-refractivity contribution in [3.63, 3.8) is 0 Å². The lowest BCUT2D eigenvalue weighted by molar-refractivity contribution is -0.142. The van der Waals surface area contributed by atoms with Crippen molar-refractivity contribution in [2.45, 2.75) is 31.7 Å². The lowest BCUT2D eigenvalue weighted by Gasteiger charge is -2.35. The van der Waals surface area contributed by atoms with Gasteiger partial charge >= 0.3 is 5.97 Å². The van der Waals surface area contributed by atoms with Crippen molar-refractivity contribution in [1.82, 2.24) is 19.9 Å². The van der Waals surface area contributed by atoms with Crippen molar-refractivity contribution in [3.8, 4) is 0 Å². The minimum absolute atomic E-state index is 0.216. The van der Waals surface area contributed by atoms with E-state index in [4.69, 9.17) is 4.98 Å². The van der Waals surface area contributed by atoms with Crippen molar-refractivity contribution in [2.75, 3.05) is 62.4 Å². The fourth-order valence-electron chi connectivity index (χ4n) is 3.64. The number of nitrogens with one attached hydrogen (secondary N) is 1. The summed E-state index contributed by atoms with van der Waals surface area (Å²) >= 11 is 0. The zero-order valence-corrected chi connectivity index (χ0v) is 15.9. The first-order chi connectivity index (χ1) is 12.5. The molecule has 1 saturated carbocycles. The number of likely N-dealkylation sites (N-methyl/N-ethyl adjacent to an activating group) is 1. The van der Waals surface area contributed by atoms with Crippen LogP contribution < -0.4 is 15.1 Å². The molecule has 1 aliphatic carbocycles. The summed E-state index contributed by atoms with van der Waals surface area (Å²) in [5, 5.41) is 12.2. The lowest BCUT2D eigenvalue weighted by atomic mass is 9.85. The Morgan fingerprint density at radius 3 is 2.35 bits per heavy atom. The van der Waals surface area contributed by atoms with E-state index in [0.29, 0.717) is 30.7 Å². The molecule has 26 heavy (non-hydrogen) atoms. The Kier molecular flexibility index (Phi) is 5.75. The molecule has 9 nitrogen and oxygen atoms in total. The second-order valence-electron chi connectivity index (χ2n) is 7.25. The number of rotatable bonds is 5. The number of nitrogens with zero attached hydrogens (tertiary/aromatic N) is 6. The van der Waals surface area contributed by atoms with E-state index in [-0.39, 0.29) is 12.0 Å². The van der Waals surface area contributed by atoms with Gasteiger partial charge in [0.2, 0.25) is 17.8 Å². The highest BCUT2D eigenvalue weighted by atomic mass is 16.4. The van der Waals surface area contributed by atoms with E-state index >= 15 is 0 Å². The van der Waals surface area contributed by atoms with E-state index in [2.05, 4.69) is 37.0 Å². The van der Waals surface area contributed by atoms with Crippen molar-refractivity contribution in [3.05, 3.63) is 0 Å². The summed E-state index contributed by atoms with van der Waals surface area (Å²) in [7, 11) is 5.93. The molecule has 144 valence electrons. The molecule has 0 unspecified atom stereocenters. The summed E-state index contributed by atoms with van der Waals surface area (Å²) < 4.78 is 0. The monoisotopic (exact) mass is 363 g/mol. The van der Waals surface area contributed by atoms with Gasteiger partial charge in [-0.15, -0.1) is 0 Å². The van der Waals surface area contributed by atoms with Gasteiger partial charge in [-0.2, -0.15) is 15.0 Å². The maximum Gasteiger partial charge on any atom is 0.306 e.